The molecule has 1 fully saturated rings. The van der Waals surface area contributed by atoms with Crippen molar-refractivity contribution in [1.82, 2.24) is 5.32 Å². The molecule has 1 heterocycles. The Morgan fingerprint density at radius 1 is 1.17 bits per heavy atom. The Labute approximate surface area is 171 Å². The van der Waals surface area contributed by atoms with E-state index in [9.17, 15) is 27.6 Å². The van der Waals surface area contributed by atoms with Crippen LogP contribution in [-0.4, -0.2) is 29.4 Å². The molecule has 7 nitrogen and oxygen atoms in total. The molecule has 0 spiro atoms. The Morgan fingerprint density at radius 3 is 2.23 bits per heavy atom. The van der Waals surface area contributed by atoms with E-state index in [1.54, 1.807) is 20.8 Å². The molecule has 0 aromatic heterocycles. The molecule has 1 N–H and O–H groups in total. The number of amides is 1. The molecule has 1 aromatic rings. The van der Waals surface area contributed by atoms with Crippen molar-refractivity contribution in [2.75, 3.05) is 0 Å². The number of cyclic esters (lactones) is 2. The molecule has 1 aromatic carbocycles. The second-order valence-corrected chi connectivity index (χ2v) is 8.35. The maximum Gasteiger partial charge on any atom is 0.416 e. The van der Waals surface area contributed by atoms with E-state index < -0.39 is 53.1 Å². The lowest BCUT2D eigenvalue weighted by molar-refractivity contribution is -0.240. The van der Waals surface area contributed by atoms with Gasteiger partial charge in [-0.1, -0.05) is 12.1 Å². The lowest BCUT2D eigenvalue weighted by atomic mass is 9.93. The topological polar surface area (TPSA) is 90.9 Å². The summed E-state index contributed by atoms with van der Waals surface area (Å²) in [6.45, 7) is 7.60. The largest absolute Gasteiger partial charge is 0.444 e. The fraction of sp³-hybridized carbons (Fsp3) is 0.550. The van der Waals surface area contributed by atoms with E-state index in [0.717, 1.165) is 12.1 Å². The second-order valence-electron chi connectivity index (χ2n) is 8.35. The van der Waals surface area contributed by atoms with Crippen molar-refractivity contribution in [3.8, 4) is 0 Å². The molecular formula is C20H24F3NO6. The Bertz CT molecular complexity index is 809. The average Bonchev–Trinajstić information content (AvgIpc) is 2.53. The highest BCUT2D eigenvalue weighted by atomic mass is 19.4. The minimum absolute atomic E-state index is 0.0427. The highest BCUT2D eigenvalue weighted by molar-refractivity contribution is 5.96. The monoisotopic (exact) mass is 431 g/mol. The van der Waals surface area contributed by atoms with E-state index in [1.165, 1.54) is 26.0 Å². The van der Waals surface area contributed by atoms with Crippen LogP contribution in [0.3, 0.4) is 0 Å². The van der Waals surface area contributed by atoms with Crippen molar-refractivity contribution >= 4 is 18.0 Å². The van der Waals surface area contributed by atoms with Gasteiger partial charge in [0.25, 0.3) is 5.79 Å². The third-order valence-electron chi connectivity index (χ3n) is 4.04. The molecule has 1 amide bonds. The summed E-state index contributed by atoms with van der Waals surface area (Å²) in [5.41, 5.74) is -1.76. The fourth-order valence-electron chi connectivity index (χ4n) is 2.83. The standard InChI is InChI=1S/C20H24F3NO6/c1-18(2,3)30-17(27)24-14(11-7-6-8-12(9-11)20(21,22)23)10-13-15(25)28-19(4,5)29-16(13)26/h6-9,13-14H,10H2,1-5H3,(H,24,27). The molecule has 0 radical (unpaired) electrons. The van der Waals surface area contributed by atoms with Gasteiger partial charge < -0.3 is 19.5 Å². The van der Waals surface area contributed by atoms with Crippen LogP contribution in [0.15, 0.2) is 24.3 Å². The maximum absolute atomic E-state index is 13.1. The number of hydrogen-bond acceptors (Lipinski definition) is 6. The molecule has 0 aliphatic carbocycles. The highest BCUT2D eigenvalue weighted by Gasteiger charge is 2.44. The molecule has 30 heavy (non-hydrogen) atoms. The number of halogens is 3. The van der Waals surface area contributed by atoms with E-state index in [-0.39, 0.29) is 12.0 Å². The molecule has 1 aliphatic rings. The van der Waals surface area contributed by atoms with Gasteiger partial charge in [0.15, 0.2) is 5.92 Å². The van der Waals surface area contributed by atoms with Crippen LogP contribution in [0, 0.1) is 5.92 Å². The first-order chi connectivity index (χ1) is 13.6. The van der Waals surface area contributed by atoms with Gasteiger partial charge in [0.1, 0.15) is 5.60 Å². The fourth-order valence-corrected chi connectivity index (χ4v) is 2.83. The van der Waals surface area contributed by atoms with Crippen LogP contribution in [0.25, 0.3) is 0 Å². The van der Waals surface area contributed by atoms with Gasteiger partial charge in [-0.05, 0) is 44.9 Å². The summed E-state index contributed by atoms with van der Waals surface area (Å²) < 4.78 is 54.6. The number of benzene rings is 1. The van der Waals surface area contributed by atoms with Crippen molar-refractivity contribution in [3.05, 3.63) is 35.4 Å². The number of carbonyl (C=O) groups excluding carboxylic acids is 3. The third kappa shape index (κ3) is 6.36. The molecular weight excluding hydrogens is 407 g/mol. The van der Waals surface area contributed by atoms with Crippen molar-refractivity contribution in [2.24, 2.45) is 5.92 Å². The van der Waals surface area contributed by atoms with Crippen LogP contribution < -0.4 is 5.32 Å². The van der Waals surface area contributed by atoms with Gasteiger partial charge in [0, 0.05) is 13.8 Å². The average molecular weight is 431 g/mol. The lowest BCUT2D eigenvalue weighted by Gasteiger charge is -2.34. The summed E-state index contributed by atoms with van der Waals surface area (Å²) in [5, 5.41) is 2.43. The van der Waals surface area contributed by atoms with E-state index >= 15 is 0 Å². The molecule has 0 bridgehead atoms. The molecule has 1 aliphatic heterocycles. The van der Waals surface area contributed by atoms with Crippen LogP contribution in [0.5, 0.6) is 0 Å². The SMILES string of the molecule is CC(C)(C)OC(=O)NC(CC1C(=O)OC(C)(C)OC1=O)c1cccc(C(F)(F)F)c1. The van der Waals surface area contributed by atoms with Crippen LogP contribution in [0.4, 0.5) is 18.0 Å². The molecule has 166 valence electrons. The Hall–Kier alpha value is -2.78. The quantitative estimate of drug-likeness (QED) is 0.570. The minimum atomic E-state index is -4.61. The zero-order chi connectivity index (χ0) is 22.9. The van der Waals surface area contributed by atoms with Gasteiger partial charge in [0.2, 0.25) is 0 Å². The van der Waals surface area contributed by atoms with Crippen LogP contribution in [0.1, 0.15) is 58.2 Å². The van der Waals surface area contributed by atoms with Crippen LogP contribution in [0.2, 0.25) is 0 Å². The Balaban J connectivity index is 2.34. The number of nitrogens with one attached hydrogen (secondary N) is 1. The van der Waals surface area contributed by atoms with Gasteiger partial charge in [-0.15, -0.1) is 0 Å². The van der Waals surface area contributed by atoms with Crippen molar-refractivity contribution in [3.63, 3.8) is 0 Å². The van der Waals surface area contributed by atoms with E-state index in [2.05, 4.69) is 5.32 Å². The number of alkyl carbamates (subject to hydrolysis) is 1. The maximum atomic E-state index is 13.1. The summed E-state index contributed by atoms with van der Waals surface area (Å²) in [6.07, 6.45) is -5.89. The summed E-state index contributed by atoms with van der Waals surface area (Å²) >= 11 is 0. The van der Waals surface area contributed by atoms with Crippen LogP contribution >= 0.6 is 0 Å². The van der Waals surface area contributed by atoms with E-state index in [1.807, 2.05) is 0 Å². The second kappa shape index (κ2) is 8.16. The first kappa shape index (κ1) is 23.5. The number of esters is 2. The summed E-state index contributed by atoms with van der Waals surface area (Å²) in [7, 11) is 0. The number of ether oxygens (including phenoxy) is 3. The normalized spacial score (nSPS) is 18.3. The zero-order valence-electron chi connectivity index (χ0n) is 17.3. The summed E-state index contributed by atoms with van der Waals surface area (Å²) in [6, 6.07) is 3.09. The molecule has 1 saturated heterocycles. The predicted molar refractivity (Wildman–Crippen MR) is 97.9 cm³/mol. The van der Waals surface area contributed by atoms with Crippen LogP contribution in [-0.2, 0) is 30.0 Å². The summed E-state index contributed by atoms with van der Waals surface area (Å²) in [4.78, 5) is 36.8. The number of rotatable bonds is 4. The first-order valence-electron chi connectivity index (χ1n) is 9.20. The van der Waals surface area contributed by atoms with Gasteiger partial charge in [-0.25, -0.2) is 4.79 Å². The molecule has 2 rings (SSSR count). The number of carbonyl (C=O) groups is 3. The van der Waals surface area contributed by atoms with Gasteiger partial charge in [-0.3, -0.25) is 9.59 Å². The minimum Gasteiger partial charge on any atom is -0.444 e. The van der Waals surface area contributed by atoms with Crippen molar-refractivity contribution in [2.45, 2.75) is 64.6 Å². The lowest BCUT2D eigenvalue weighted by Crippen LogP contribution is -2.47. The first-order valence-corrected chi connectivity index (χ1v) is 9.20. The Kier molecular flexibility index (Phi) is 6.39. The molecule has 0 saturated carbocycles. The molecule has 10 heteroatoms. The Morgan fingerprint density at radius 2 is 1.73 bits per heavy atom. The van der Waals surface area contributed by atoms with Gasteiger partial charge in [0.05, 0.1) is 11.6 Å². The molecule has 1 atom stereocenters. The predicted octanol–water partition coefficient (Wildman–Crippen LogP) is 4.11. The number of hydrogen-bond donors (Lipinski definition) is 1. The molecule has 1 unspecified atom stereocenters. The summed E-state index contributed by atoms with van der Waals surface area (Å²) in [5.74, 6) is -4.65. The smallest absolute Gasteiger partial charge is 0.416 e. The van der Waals surface area contributed by atoms with Crippen molar-refractivity contribution < 1.29 is 41.8 Å². The highest BCUT2D eigenvalue weighted by Crippen LogP contribution is 2.34. The van der Waals surface area contributed by atoms with Crippen molar-refractivity contribution in [1.29, 1.82) is 0 Å². The zero-order valence-corrected chi connectivity index (χ0v) is 17.3. The van der Waals surface area contributed by atoms with Gasteiger partial charge >= 0.3 is 24.2 Å². The number of alkyl halides is 3. The van der Waals surface area contributed by atoms with E-state index in [0.29, 0.717) is 0 Å². The van der Waals surface area contributed by atoms with E-state index in [4.69, 9.17) is 14.2 Å². The third-order valence-corrected chi connectivity index (χ3v) is 4.04. The van der Waals surface area contributed by atoms with Gasteiger partial charge in [-0.2, -0.15) is 13.2 Å².